The van der Waals surface area contributed by atoms with Gasteiger partial charge in [-0.3, -0.25) is 0 Å². The number of esters is 1. The second-order valence-electron chi connectivity index (χ2n) is 3.47. The van der Waals surface area contributed by atoms with E-state index >= 15 is 0 Å². The molecule has 0 radical (unpaired) electrons. The molecule has 2 atom stereocenters. The largest absolute Gasteiger partial charge is 0.464 e. The van der Waals surface area contributed by atoms with Crippen molar-refractivity contribution in [1.29, 1.82) is 0 Å². The molecular formula is C11H12ClF4NO2. The molecule has 1 aromatic carbocycles. The standard InChI is InChI=1S/C11H11F4NO2.ClH/c1-2-18-11(17)9(15)10(16)6-3-5(12)4-7(13)8(6)14;/h3-4,9-10H,2,16H2,1H3;1H/t9?,10-;/m0./s1. The predicted molar refractivity (Wildman–Crippen MR) is 62.0 cm³/mol. The lowest BCUT2D eigenvalue weighted by molar-refractivity contribution is -0.150. The Morgan fingerprint density at radius 2 is 1.95 bits per heavy atom. The Bertz CT molecular complexity index is 459. The third-order valence-electron chi connectivity index (χ3n) is 2.21. The number of carbonyl (C=O) groups excluding carboxylic acids is 1. The fraction of sp³-hybridized carbons (Fsp3) is 0.364. The Hall–Kier alpha value is -1.34. The summed E-state index contributed by atoms with van der Waals surface area (Å²) in [7, 11) is 0. The lowest BCUT2D eigenvalue weighted by Crippen LogP contribution is -2.32. The van der Waals surface area contributed by atoms with Crippen LogP contribution in [-0.4, -0.2) is 18.7 Å². The van der Waals surface area contributed by atoms with Crippen molar-refractivity contribution < 1.29 is 27.1 Å². The topological polar surface area (TPSA) is 52.3 Å². The van der Waals surface area contributed by atoms with Crippen molar-refractivity contribution >= 4 is 18.4 Å². The summed E-state index contributed by atoms with van der Waals surface area (Å²) < 4.78 is 56.9. The summed E-state index contributed by atoms with van der Waals surface area (Å²) in [6, 6.07) is -1.01. The molecule has 0 bridgehead atoms. The number of alkyl halides is 1. The van der Waals surface area contributed by atoms with Gasteiger partial charge in [-0.05, 0) is 13.0 Å². The van der Waals surface area contributed by atoms with Crippen molar-refractivity contribution in [2.75, 3.05) is 6.61 Å². The SMILES string of the molecule is CCOC(=O)C(F)[C@@H](N)c1cc(F)cc(F)c1F.Cl. The summed E-state index contributed by atoms with van der Waals surface area (Å²) in [5.41, 5.74) is 4.50. The van der Waals surface area contributed by atoms with Crippen LogP contribution in [0.25, 0.3) is 0 Å². The van der Waals surface area contributed by atoms with Crippen molar-refractivity contribution in [2.24, 2.45) is 5.73 Å². The van der Waals surface area contributed by atoms with Crippen LogP contribution in [0.15, 0.2) is 12.1 Å². The quantitative estimate of drug-likeness (QED) is 0.528. The van der Waals surface area contributed by atoms with Crippen molar-refractivity contribution in [3.8, 4) is 0 Å². The van der Waals surface area contributed by atoms with Gasteiger partial charge in [-0.2, -0.15) is 0 Å². The van der Waals surface area contributed by atoms with E-state index in [2.05, 4.69) is 4.74 Å². The van der Waals surface area contributed by atoms with Gasteiger partial charge in [0.25, 0.3) is 0 Å². The molecule has 1 aromatic rings. The second kappa shape index (κ2) is 7.30. The number of halogens is 5. The van der Waals surface area contributed by atoms with Crippen LogP contribution in [0.4, 0.5) is 17.6 Å². The first-order valence-electron chi connectivity index (χ1n) is 5.09. The molecule has 1 rings (SSSR count). The zero-order chi connectivity index (χ0) is 13.9. The predicted octanol–water partition coefficient (Wildman–Crippen LogP) is 2.43. The molecule has 19 heavy (non-hydrogen) atoms. The lowest BCUT2D eigenvalue weighted by atomic mass is 10.0. The van der Waals surface area contributed by atoms with E-state index in [-0.39, 0.29) is 19.0 Å². The highest BCUT2D eigenvalue weighted by Crippen LogP contribution is 2.24. The van der Waals surface area contributed by atoms with Gasteiger partial charge in [-0.15, -0.1) is 12.4 Å². The second-order valence-corrected chi connectivity index (χ2v) is 3.47. The van der Waals surface area contributed by atoms with Gasteiger partial charge in [0.15, 0.2) is 11.6 Å². The first-order chi connectivity index (χ1) is 8.38. The molecule has 0 saturated heterocycles. The normalized spacial score (nSPS) is 13.4. The van der Waals surface area contributed by atoms with Crippen molar-refractivity contribution in [1.82, 2.24) is 0 Å². The van der Waals surface area contributed by atoms with Gasteiger partial charge in [0.05, 0.1) is 12.6 Å². The first kappa shape index (κ1) is 17.7. The highest BCUT2D eigenvalue weighted by atomic mass is 35.5. The summed E-state index contributed by atoms with van der Waals surface area (Å²) in [4.78, 5) is 11.1. The molecule has 0 aliphatic heterocycles. The van der Waals surface area contributed by atoms with Gasteiger partial charge >= 0.3 is 5.97 Å². The van der Waals surface area contributed by atoms with Crippen LogP contribution in [0.3, 0.4) is 0 Å². The minimum absolute atomic E-state index is 0. The van der Waals surface area contributed by atoms with Crippen LogP contribution >= 0.6 is 12.4 Å². The molecule has 8 heteroatoms. The van der Waals surface area contributed by atoms with Crippen molar-refractivity contribution in [3.05, 3.63) is 35.1 Å². The minimum Gasteiger partial charge on any atom is -0.464 e. The zero-order valence-corrected chi connectivity index (χ0v) is 10.6. The molecule has 0 fully saturated rings. The van der Waals surface area contributed by atoms with Gasteiger partial charge in [-0.25, -0.2) is 22.4 Å². The van der Waals surface area contributed by atoms with E-state index in [1.165, 1.54) is 6.92 Å². The van der Waals surface area contributed by atoms with E-state index in [0.29, 0.717) is 12.1 Å². The molecule has 0 heterocycles. The molecule has 1 unspecified atom stereocenters. The van der Waals surface area contributed by atoms with E-state index in [0.717, 1.165) is 0 Å². The Labute approximate surface area is 113 Å². The van der Waals surface area contributed by atoms with E-state index in [1.807, 2.05) is 0 Å². The molecule has 108 valence electrons. The summed E-state index contributed by atoms with van der Waals surface area (Å²) >= 11 is 0. The molecule has 0 saturated carbocycles. The average molecular weight is 302 g/mol. The average Bonchev–Trinajstić information content (AvgIpc) is 2.32. The van der Waals surface area contributed by atoms with Crippen LogP contribution in [0.5, 0.6) is 0 Å². The number of rotatable bonds is 4. The molecular weight excluding hydrogens is 290 g/mol. The smallest absolute Gasteiger partial charge is 0.342 e. The first-order valence-corrected chi connectivity index (χ1v) is 5.09. The zero-order valence-electron chi connectivity index (χ0n) is 9.83. The maximum atomic E-state index is 13.5. The van der Waals surface area contributed by atoms with Crippen LogP contribution in [0.2, 0.25) is 0 Å². The summed E-state index contributed by atoms with van der Waals surface area (Å²) in [5.74, 6) is -5.42. The molecule has 0 aliphatic rings. The monoisotopic (exact) mass is 301 g/mol. The molecule has 0 aromatic heterocycles. The molecule has 0 spiro atoms. The molecule has 3 nitrogen and oxygen atoms in total. The van der Waals surface area contributed by atoms with Crippen molar-refractivity contribution in [3.63, 3.8) is 0 Å². The third-order valence-corrected chi connectivity index (χ3v) is 2.21. The van der Waals surface area contributed by atoms with Gasteiger partial charge in [-0.1, -0.05) is 0 Å². The number of benzene rings is 1. The Morgan fingerprint density at radius 1 is 1.37 bits per heavy atom. The minimum atomic E-state index is -2.40. The number of ether oxygens (including phenoxy) is 1. The molecule has 2 N–H and O–H groups in total. The summed E-state index contributed by atoms with van der Waals surface area (Å²) in [6.45, 7) is 1.35. The van der Waals surface area contributed by atoms with E-state index in [1.54, 1.807) is 0 Å². The summed E-state index contributed by atoms with van der Waals surface area (Å²) in [5, 5.41) is 0. The van der Waals surface area contributed by atoms with Crippen LogP contribution in [0, 0.1) is 17.5 Å². The van der Waals surface area contributed by atoms with Crippen molar-refractivity contribution in [2.45, 2.75) is 19.1 Å². The fourth-order valence-electron chi connectivity index (χ4n) is 1.34. The highest BCUT2D eigenvalue weighted by Gasteiger charge is 2.31. The van der Waals surface area contributed by atoms with Crippen LogP contribution in [0.1, 0.15) is 18.5 Å². The number of nitrogens with two attached hydrogens (primary N) is 1. The Balaban J connectivity index is 0.00000324. The Morgan fingerprint density at radius 3 is 2.47 bits per heavy atom. The highest BCUT2D eigenvalue weighted by molar-refractivity contribution is 5.85. The number of carbonyl (C=O) groups is 1. The fourth-order valence-corrected chi connectivity index (χ4v) is 1.34. The maximum absolute atomic E-state index is 13.5. The van der Waals surface area contributed by atoms with Gasteiger partial charge in [0, 0.05) is 11.6 Å². The van der Waals surface area contributed by atoms with E-state index < -0.39 is 41.2 Å². The number of hydrogen-bond acceptors (Lipinski definition) is 3. The maximum Gasteiger partial charge on any atom is 0.342 e. The molecule has 0 amide bonds. The van der Waals surface area contributed by atoms with Crippen LogP contribution < -0.4 is 5.73 Å². The van der Waals surface area contributed by atoms with Gasteiger partial charge in [0.2, 0.25) is 6.17 Å². The van der Waals surface area contributed by atoms with Gasteiger partial charge < -0.3 is 10.5 Å². The van der Waals surface area contributed by atoms with Gasteiger partial charge in [0.1, 0.15) is 5.82 Å². The summed E-state index contributed by atoms with van der Waals surface area (Å²) in [6.07, 6.45) is -2.40. The third kappa shape index (κ3) is 4.07. The lowest BCUT2D eigenvalue weighted by Gasteiger charge is -2.16. The Kier molecular flexibility index (Phi) is 6.78. The number of hydrogen-bond donors (Lipinski definition) is 1. The molecule has 0 aliphatic carbocycles. The van der Waals surface area contributed by atoms with E-state index in [9.17, 15) is 22.4 Å². The van der Waals surface area contributed by atoms with Crippen LogP contribution in [-0.2, 0) is 9.53 Å². The van der Waals surface area contributed by atoms with E-state index in [4.69, 9.17) is 5.73 Å².